The van der Waals surface area contributed by atoms with Crippen LogP contribution in [-0.4, -0.2) is 12.9 Å². The fourth-order valence-corrected chi connectivity index (χ4v) is 1.96. The Balaban J connectivity index is 2.06. The Morgan fingerprint density at radius 2 is 1.53 bits per heavy atom. The number of hydrogen-bond donors (Lipinski definition) is 0. The van der Waals surface area contributed by atoms with Crippen LogP contribution in [0.4, 0.5) is 0 Å². The highest BCUT2D eigenvalue weighted by Gasteiger charge is 2.07. The van der Waals surface area contributed by atoms with Crippen LogP contribution in [0.3, 0.4) is 0 Å². The molecule has 2 rings (SSSR count). The van der Waals surface area contributed by atoms with Crippen molar-refractivity contribution >= 4 is 5.78 Å². The number of hydrogen-bond acceptors (Lipinski definition) is 2. The molecule has 0 atom stereocenters. The predicted octanol–water partition coefficient (Wildman–Crippen LogP) is 3.68. The molecule has 0 bridgehead atoms. The SMILES string of the molecule is CCc1ccc(C(=O)Cc2ccc(OC)cc2)cc1. The van der Waals surface area contributed by atoms with E-state index in [1.54, 1.807) is 7.11 Å². The summed E-state index contributed by atoms with van der Waals surface area (Å²) >= 11 is 0. The van der Waals surface area contributed by atoms with Crippen molar-refractivity contribution in [1.29, 1.82) is 0 Å². The normalized spacial score (nSPS) is 10.2. The van der Waals surface area contributed by atoms with Crippen molar-refractivity contribution in [2.45, 2.75) is 19.8 Å². The molecule has 0 N–H and O–H groups in total. The average Bonchev–Trinajstić information content (AvgIpc) is 2.48. The summed E-state index contributed by atoms with van der Waals surface area (Å²) in [4.78, 5) is 12.1. The number of Topliss-reactive ketones (excluding diaryl/α,β-unsaturated/α-hetero) is 1. The summed E-state index contributed by atoms with van der Waals surface area (Å²) in [7, 11) is 1.63. The van der Waals surface area contributed by atoms with Crippen LogP contribution in [0.5, 0.6) is 5.75 Å². The second-order valence-corrected chi connectivity index (χ2v) is 4.50. The van der Waals surface area contributed by atoms with Crippen molar-refractivity contribution in [1.82, 2.24) is 0 Å². The largest absolute Gasteiger partial charge is 0.497 e. The Hall–Kier alpha value is -2.09. The molecular formula is C17H18O2. The van der Waals surface area contributed by atoms with E-state index >= 15 is 0 Å². The van der Waals surface area contributed by atoms with E-state index in [1.807, 2.05) is 48.5 Å². The summed E-state index contributed by atoms with van der Waals surface area (Å²) in [6.07, 6.45) is 1.42. The van der Waals surface area contributed by atoms with Crippen molar-refractivity contribution in [3.05, 3.63) is 65.2 Å². The highest BCUT2D eigenvalue weighted by Crippen LogP contribution is 2.14. The molecular weight excluding hydrogens is 236 g/mol. The zero-order chi connectivity index (χ0) is 13.7. The van der Waals surface area contributed by atoms with Gasteiger partial charge in [-0.15, -0.1) is 0 Å². The third kappa shape index (κ3) is 3.44. The van der Waals surface area contributed by atoms with Gasteiger partial charge in [-0.05, 0) is 29.7 Å². The van der Waals surface area contributed by atoms with Gasteiger partial charge in [0.15, 0.2) is 5.78 Å². The van der Waals surface area contributed by atoms with E-state index in [0.717, 1.165) is 23.3 Å². The van der Waals surface area contributed by atoms with Crippen LogP contribution >= 0.6 is 0 Å². The minimum Gasteiger partial charge on any atom is -0.497 e. The standard InChI is InChI=1S/C17H18O2/c1-3-13-4-8-15(9-5-13)17(18)12-14-6-10-16(19-2)11-7-14/h4-11H,3,12H2,1-2H3. The number of aryl methyl sites for hydroxylation is 1. The molecule has 0 saturated heterocycles. The smallest absolute Gasteiger partial charge is 0.167 e. The van der Waals surface area contributed by atoms with Crippen molar-refractivity contribution in [3.63, 3.8) is 0 Å². The lowest BCUT2D eigenvalue weighted by Crippen LogP contribution is -2.03. The number of benzene rings is 2. The van der Waals surface area contributed by atoms with E-state index in [4.69, 9.17) is 4.74 Å². The second kappa shape index (κ2) is 6.19. The molecule has 0 aromatic heterocycles. The van der Waals surface area contributed by atoms with Gasteiger partial charge in [0.25, 0.3) is 0 Å². The molecule has 0 unspecified atom stereocenters. The lowest BCUT2D eigenvalue weighted by Gasteiger charge is -2.04. The van der Waals surface area contributed by atoms with Crippen molar-refractivity contribution in [2.75, 3.05) is 7.11 Å². The Kier molecular flexibility index (Phi) is 4.35. The summed E-state index contributed by atoms with van der Waals surface area (Å²) in [5.74, 6) is 0.955. The van der Waals surface area contributed by atoms with Gasteiger partial charge in [0.1, 0.15) is 5.75 Å². The summed E-state index contributed by atoms with van der Waals surface area (Å²) in [6, 6.07) is 15.5. The maximum absolute atomic E-state index is 12.1. The van der Waals surface area contributed by atoms with Crippen LogP contribution < -0.4 is 4.74 Å². The lowest BCUT2D eigenvalue weighted by molar-refractivity contribution is 0.0993. The third-order valence-electron chi connectivity index (χ3n) is 3.21. The first-order valence-electron chi connectivity index (χ1n) is 6.48. The van der Waals surface area contributed by atoms with Crippen LogP contribution in [0.25, 0.3) is 0 Å². The van der Waals surface area contributed by atoms with Gasteiger partial charge >= 0.3 is 0 Å². The Morgan fingerprint density at radius 3 is 2.05 bits per heavy atom. The summed E-state index contributed by atoms with van der Waals surface area (Å²) < 4.78 is 5.10. The maximum atomic E-state index is 12.1. The minimum absolute atomic E-state index is 0.146. The molecule has 0 aliphatic carbocycles. The summed E-state index contributed by atoms with van der Waals surface area (Å²) in [5, 5.41) is 0. The number of carbonyl (C=O) groups is 1. The molecule has 0 amide bonds. The summed E-state index contributed by atoms with van der Waals surface area (Å²) in [5.41, 5.74) is 3.03. The Bertz CT molecular complexity index is 538. The van der Waals surface area contributed by atoms with E-state index in [0.29, 0.717) is 6.42 Å². The number of ether oxygens (including phenoxy) is 1. The molecule has 2 heteroatoms. The van der Waals surface area contributed by atoms with Gasteiger partial charge in [-0.25, -0.2) is 0 Å². The predicted molar refractivity (Wildman–Crippen MR) is 76.8 cm³/mol. The lowest BCUT2D eigenvalue weighted by atomic mass is 10.0. The average molecular weight is 254 g/mol. The first-order chi connectivity index (χ1) is 9.22. The van der Waals surface area contributed by atoms with Gasteiger partial charge in [-0.2, -0.15) is 0 Å². The monoisotopic (exact) mass is 254 g/mol. The van der Waals surface area contributed by atoms with Gasteiger partial charge in [0.2, 0.25) is 0 Å². The zero-order valence-electron chi connectivity index (χ0n) is 11.3. The van der Waals surface area contributed by atoms with E-state index in [-0.39, 0.29) is 5.78 Å². The quantitative estimate of drug-likeness (QED) is 0.761. The van der Waals surface area contributed by atoms with Gasteiger partial charge in [0, 0.05) is 12.0 Å². The number of ketones is 1. The fourth-order valence-electron chi connectivity index (χ4n) is 1.96. The highest BCUT2D eigenvalue weighted by atomic mass is 16.5. The molecule has 2 aromatic carbocycles. The molecule has 0 spiro atoms. The molecule has 0 radical (unpaired) electrons. The molecule has 2 nitrogen and oxygen atoms in total. The molecule has 19 heavy (non-hydrogen) atoms. The molecule has 0 saturated carbocycles. The van der Waals surface area contributed by atoms with E-state index < -0.39 is 0 Å². The molecule has 2 aromatic rings. The van der Waals surface area contributed by atoms with Crippen LogP contribution in [0, 0.1) is 0 Å². The van der Waals surface area contributed by atoms with Gasteiger partial charge in [-0.1, -0.05) is 43.3 Å². The third-order valence-corrected chi connectivity index (χ3v) is 3.21. The first kappa shape index (κ1) is 13.3. The summed E-state index contributed by atoms with van der Waals surface area (Å²) in [6.45, 7) is 2.11. The van der Waals surface area contributed by atoms with Crippen molar-refractivity contribution in [3.8, 4) is 5.75 Å². The zero-order valence-corrected chi connectivity index (χ0v) is 11.3. The Labute approximate surface area is 114 Å². The number of carbonyl (C=O) groups excluding carboxylic acids is 1. The highest BCUT2D eigenvalue weighted by molar-refractivity contribution is 5.97. The van der Waals surface area contributed by atoms with E-state index in [1.165, 1.54) is 5.56 Å². The van der Waals surface area contributed by atoms with Crippen LogP contribution in [0.15, 0.2) is 48.5 Å². The van der Waals surface area contributed by atoms with Crippen LogP contribution in [-0.2, 0) is 12.8 Å². The minimum atomic E-state index is 0.146. The molecule has 0 fully saturated rings. The van der Waals surface area contributed by atoms with Crippen molar-refractivity contribution in [2.24, 2.45) is 0 Å². The van der Waals surface area contributed by atoms with Crippen LogP contribution in [0.2, 0.25) is 0 Å². The topological polar surface area (TPSA) is 26.3 Å². The molecule has 0 heterocycles. The number of methoxy groups -OCH3 is 1. The van der Waals surface area contributed by atoms with Crippen molar-refractivity contribution < 1.29 is 9.53 Å². The fraction of sp³-hybridized carbons (Fsp3) is 0.235. The number of rotatable bonds is 5. The first-order valence-corrected chi connectivity index (χ1v) is 6.48. The van der Waals surface area contributed by atoms with Crippen LogP contribution in [0.1, 0.15) is 28.4 Å². The molecule has 0 aliphatic rings. The van der Waals surface area contributed by atoms with Gasteiger partial charge < -0.3 is 4.74 Å². The maximum Gasteiger partial charge on any atom is 0.167 e. The van der Waals surface area contributed by atoms with E-state index in [9.17, 15) is 4.79 Å². The second-order valence-electron chi connectivity index (χ2n) is 4.50. The van der Waals surface area contributed by atoms with Gasteiger partial charge in [-0.3, -0.25) is 4.79 Å². The van der Waals surface area contributed by atoms with E-state index in [2.05, 4.69) is 6.92 Å². The van der Waals surface area contributed by atoms with Gasteiger partial charge in [0.05, 0.1) is 7.11 Å². The Morgan fingerprint density at radius 1 is 0.947 bits per heavy atom. The molecule has 98 valence electrons. The molecule has 0 aliphatic heterocycles.